The van der Waals surface area contributed by atoms with Crippen LogP contribution < -0.4 is 10.2 Å². The first-order valence-electron chi connectivity index (χ1n) is 6.62. The van der Waals surface area contributed by atoms with Crippen LogP contribution in [0, 0.1) is 0 Å². The summed E-state index contributed by atoms with van der Waals surface area (Å²) in [4.78, 5) is 10.9. The molecule has 3 rings (SSSR count). The van der Waals surface area contributed by atoms with E-state index in [4.69, 9.17) is 9.84 Å². The summed E-state index contributed by atoms with van der Waals surface area (Å²) in [5.74, 6) is -0.133. The highest BCUT2D eigenvalue weighted by molar-refractivity contribution is 6.04. The molecule has 1 aliphatic heterocycles. The van der Waals surface area contributed by atoms with Crippen molar-refractivity contribution in [3.8, 4) is 5.75 Å². The lowest BCUT2D eigenvalue weighted by molar-refractivity contribution is 0.0697. The van der Waals surface area contributed by atoms with Crippen molar-refractivity contribution in [2.75, 3.05) is 12.0 Å². The van der Waals surface area contributed by atoms with Gasteiger partial charge in [-0.1, -0.05) is 18.2 Å². The van der Waals surface area contributed by atoms with Crippen molar-refractivity contribution in [3.63, 3.8) is 0 Å². The van der Waals surface area contributed by atoms with Gasteiger partial charge >= 0.3 is 5.97 Å². The number of nitrogens with zero attached hydrogens (tertiary/aromatic N) is 1. The molecule has 1 heterocycles. The van der Waals surface area contributed by atoms with Crippen LogP contribution in [0.1, 0.15) is 22.3 Å². The van der Waals surface area contributed by atoms with Crippen molar-refractivity contribution in [3.05, 3.63) is 59.7 Å². The highest BCUT2D eigenvalue weighted by Gasteiger charge is 2.15. The Bertz CT molecular complexity index is 710. The van der Waals surface area contributed by atoms with Crippen molar-refractivity contribution in [1.82, 2.24) is 0 Å². The smallest absolute Gasteiger partial charge is 0.335 e. The molecule has 106 valence electrons. The molecule has 0 fully saturated rings. The molecule has 21 heavy (non-hydrogen) atoms. The minimum absolute atomic E-state index is 0.229. The highest BCUT2D eigenvalue weighted by Crippen LogP contribution is 2.24. The second-order valence-corrected chi connectivity index (χ2v) is 4.65. The van der Waals surface area contributed by atoms with Crippen LogP contribution in [0.4, 0.5) is 5.69 Å². The summed E-state index contributed by atoms with van der Waals surface area (Å²) in [6.45, 7) is 0.590. The third kappa shape index (κ3) is 2.86. The van der Waals surface area contributed by atoms with Crippen LogP contribution in [-0.2, 0) is 0 Å². The number of hydrogen-bond acceptors (Lipinski definition) is 4. The van der Waals surface area contributed by atoms with E-state index < -0.39 is 5.97 Å². The zero-order valence-electron chi connectivity index (χ0n) is 11.2. The van der Waals surface area contributed by atoms with E-state index in [1.165, 1.54) is 0 Å². The summed E-state index contributed by atoms with van der Waals surface area (Å²) in [5.41, 5.74) is 5.66. The minimum Gasteiger partial charge on any atom is -0.492 e. The Kier molecular flexibility index (Phi) is 3.55. The van der Waals surface area contributed by atoms with Crippen LogP contribution in [0.15, 0.2) is 53.6 Å². The van der Waals surface area contributed by atoms with Crippen LogP contribution in [0.2, 0.25) is 0 Å². The van der Waals surface area contributed by atoms with E-state index in [2.05, 4.69) is 10.5 Å². The Morgan fingerprint density at radius 1 is 1.19 bits per heavy atom. The first kappa shape index (κ1) is 13.2. The lowest BCUT2D eigenvalue weighted by Crippen LogP contribution is -2.17. The van der Waals surface area contributed by atoms with Gasteiger partial charge in [-0.3, -0.25) is 5.43 Å². The van der Waals surface area contributed by atoms with Gasteiger partial charge in [0.05, 0.1) is 23.6 Å². The molecule has 0 amide bonds. The van der Waals surface area contributed by atoms with Gasteiger partial charge in [0.15, 0.2) is 0 Å². The zero-order chi connectivity index (χ0) is 14.7. The number of para-hydroxylation sites is 1. The van der Waals surface area contributed by atoms with E-state index in [9.17, 15) is 4.79 Å². The second-order valence-electron chi connectivity index (χ2n) is 4.65. The number of hydrazone groups is 1. The van der Waals surface area contributed by atoms with Crippen LogP contribution >= 0.6 is 0 Å². The van der Waals surface area contributed by atoms with Gasteiger partial charge in [-0.2, -0.15) is 5.10 Å². The average Bonchev–Trinajstić information content (AvgIpc) is 2.53. The number of fused-ring (bicyclic) bond motifs is 1. The Balaban J connectivity index is 1.84. The fourth-order valence-electron chi connectivity index (χ4n) is 2.19. The fourth-order valence-corrected chi connectivity index (χ4v) is 2.19. The predicted octanol–water partition coefficient (Wildman–Crippen LogP) is 2.98. The molecule has 5 nitrogen and oxygen atoms in total. The second kappa shape index (κ2) is 5.66. The van der Waals surface area contributed by atoms with Crippen molar-refractivity contribution in [2.45, 2.75) is 6.42 Å². The molecule has 0 radical (unpaired) electrons. The highest BCUT2D eigenvalue weighted by atomic mass is 16.5. The maximum atomic E-state index is 10.9. The Morgan fingerprint density at radius 3 is 2.90 bits per heavy atom. The largest absolute Gasteiger partial charge is 0.492 e. The van der Waals surface area contributed by atoms with Crippen molar-refractivity contribution < 1.29 is 14.6 Å². The van der Waals surface area contributed by atoms with E-state index in [-0.39, 0.29) is 5.56 Å². The van der Waals surface area contributed by atoms with Crippen LogP contribution in [0.3, 0.4) is 0 Å². The summed E-state index contributed by atoms with van der Waals surface area (Å²) in [7, 11) is 0. The van der Waals surface area contributed by atoms with Gasteiger partial charge in [0.25, 0.3) is 0 Å². The average molecular weight is 282 g/mol. The third-order valence-corrected chi connectivity index (χ3v) is 3.22. The maximum absolute atomic E-state index is 10.9. The summed E-state index contributed by atoms with van der Waals surface area (Å²) in [6, 6.07) is 14.3. The summed E-state index contributed by atoms with van der Waals surface area (Å²) in [5, 5.41) is 13.4. The maximum Gasteiger partial charge on any atom is 0.335 e. The van der Waals surface area contributed by atoms with Gasteiger partial charge < -0.3 is 9.84 Å². The lowest BCUT2D eigenvalue weighted by atomic mass is 10.0. The standard InChI is InChI=1S/C16H14N2O3/c19-16(20)11-4-3-5-12(10-11)17-18-14-8-9-21-15-7-2-1-6-13(14)15/h1-7,10,17H,8-9H2,(H,19,20). The normalized spacial score (nSPS) is 15.1. The molecule has 0 aromatic heterocycles. The van der Waals surface area contributed by atoms with Crippen LogP contribution in [-0.4, -0.2) is 23.4 Å². The number of rotatable bonds is 3. The van der Waals surface area contributed by atoms with Gasteiger partial charge in [0.2, 0.25) is 0 Å². The van der Waals surface area contributed by atoms with Crippen molar-refractivity contribution in [1.29, 1.82) is 0 Å². The first-order chi connectivity index (χ1) is 10.2. The zero-order valence-corrected chi connectivity index (χ0v) is 11.2. The molecule has 1 aliphatic rings. The van der Waals surface area contributed by atoms with E-state index in [1.54, 1.807) is 24.3 Å². The molecule has 0 unspecified atom stereocenters. The number of anilines is 1. The molecule has 0 atom stereocenters. The van der Waals surface area contributed by atoms with Crippen LogP contribution in [0.25, 0.3) is 0 Å². The number of carboxylic acid groups (broad SMARTS) is 1. The number of benzene rings is 2. The Hall–Kier alpha value is -2.82. The molecule has 0 bridgehead atoms. The number of carboxylic acids is 1. The van der Waals surface area contributed by atoms with E-state index in [0.717, 1.165) is 17.0 Å². The molecule has 0 saturated heterocycles. The molecular formula is C16H14N2O3. The quantitative estimate of drug-likeness (QED) is 0.849. The lowest BCUT2D eigenvalue weighted by Gasteiger charge is -2.18. The summed E-state index contributed by atoms with van der Waals surface area (Å²) >= 11 is 0. The van der Waals surface area contributed by atoms with Gasteiger partial charge in [-0.05, 0) is 30.3 Å². The predicted molar refractivity (Wildman–Crippen MR) is 80.1 cm³/mol. The molecule has 5 heteroatoms. The molecule has 2 aromatic carbocycles. The molecule has 0 spiro atoms. The van der Waals surface area contributed by atoms with E-state index in [0.29, 0.717) is 18.7 Å². The van der Waals surface area contributed by atoms with Crippen molar-refractivity contribution in [2.24, 2.45) is 5.10 Å². The SMILES string of the molecule is O=C(O)c1cccc(NN=C2CCOc3ccccc32)c1. The van der Waals surface area contributed by atoms with Gasteiger partial charge in [0.1, 0.15) is 5.75 Å². The number of hydrogen-bond donors (Lipinski definition) is 2. The van der Waals surface area contributed by atoms with Gasteiger partial charge in [0, 0.05) is 12.0 Å². The summed E-state index contributed by atoms with van der Waals surface area (Å²) < 4.78 is 5.57. The topological polar surface area (TPSA) is 70.9 Å². The Labute approximate surface area is 121 Å². The van der Waals surface area contributed by atoms with Crippen molar-refractivity contribution >= 4 is 17.4 Å². The Morgan fingerprint density at radius 2 is 2.05 bits per heavy atom. The van der Waals surface area contributed by atoms with Crippen LogP contribution in [0.5, 0.6) is 5.75 Å². The number of ether oxygens (including phenoxy) is 1. The van der Waals surface area contributed by atoms with Gasteiger partial charge in [-0.25, -0.2) is 4.79 Å². The molecule has 0 aliphatic carbocycles. The number of nitrogens with one attached hydrogen (secondary N) is 1. The first-order valence-corrected chi connectivity index (χ1v) is 6.62. The minimum atomic E-state index is -0.956. The molecular weight excluding hydrogens is 268 g/mol. The van der Waals surface area contributed by atoms with E-state index >= 15 is 0 Å². The molecule has 0 saturated carbocycles. The summed E-state index contributed by atoms with van der Waals surface area (Å²) in [6.07, 6.45) is 0.711. The molecule has 2 N–H and O–H groups in total. The van der Waals surface area contributed by atoms with E-state index in [1.807, 2.05) is 24.3 Å². The monoisotopic (exact) mass is 282 g/mol. The third-order valence-electron chi connectivity index (χ3n) is 3.22. The number of carbonyl (C=O) groups is 1. The fraction of sp³-hybridized carbons (Fsp3) is 0.125. The molecule has 2 aromatic rings. The number of aromatic carboxylic acids is 1. The van der Waals surface area contributed by atoms with Gasteiger partial charge in [-0.15, -0.1) is 0 Å².